The molecule has 3 rings (SSSR count). The molecule has 4 heteroatoms. The van der Waals surface area contributed by atoms with Crippen molar-refractivity contribution in [3.63, 3.8) is 0 Å². The summed E-state index contributed by atoms with van der Waals surface area (Å²) in [6.07, 6.45) is 0. The number of rotatable bonds is 9. The molecule has 0 aromatic heterocycles. The summed E-state index contributed by atoms with van der Waals surface area (Å²) in [5.74, 6) is 1.55. The molecule has 29 heavy (non-hydrogen) atoms. The minimum Gasteiger partial charge on any atom is -0.468 e. The van der Waals surface area contributed by atoms with Crippen LogP contribution in [0.25, 0.3) is 11.1 Å². The lowest BCUT2D eigenvalue weighted by Crippen LogP contribution is -2.00. The zero-order chi connectivity index (χ0) is 20.5. The van der Waals surface area contributed by atoms with E-state index in [4.69, 9.17) is 18.9 Å². The molecule has 0 aliphatic heterocycles. The normalized spacial score (nSPS) is 10.4. The van der Waals surface area contributed by atoms with E-state index in [0.717, 1.165) is 28.2 Å². The first-order valence-electron chi connectivity index (χ1n) is 9.43. The Hall–Kier alpha value is -3.08. The van der Waals surface area contributed by atoms with Gasteiger partial charge in [0, 0.05) is 14.2 Å². The SMILES string of the molecule is COCOc1ccc(C(=C(C)c2ccccc2)c2ccc(OCOC)cc2)cc1. The Morgan fingerprint density at radius 3 is 1.45 bits per heavy atom. The predicted molar refractivity (Wildman–Crippen MR) is 116 cm³/mol. The van der Waals surface area contributed by atoms with Crippen molar-refractivity contribution in [1.82, 2.24) is 0 Å². The molecule has 0 spiro atoms. The number of hydrogen-bond donors (Lipinski definition) is 0. The standard InChI is InChI=1S/C25H26O4/c1-19(20-7-5-4-6-8-20)25(21-9-13-23(14-10-21)28-17-26-2)22-11-15-24(16-12-22)29-18-27-3/h4-16H,17-18H2,1-3H3. The van der Waals surface area contributed by atoms with Gasteiger partial charge in [-0.3, -0.25) is 0 Å². The van der Waals surface area contributed by atoms with Crippen molar-refractivity contribution in [3.8, 4) is 11.5 Å². The topological polar surface area (TPSA) is 36.9 Å². The molecule has 3 aromatic carbocycles. The predicted octanol–water partition coefficient (Wildman–Crippen LogP) is 5.63. The molecule has 0 N–H and O–H groups in total. The van der Waals surface area contributed by atoms with Crippen LogP contribution in [0, 0.1) is 0 Å². The zero-order valence-electron chi connectivity index (χ0n) is 17.1. The van der Waals surface area contributed by atoms with E-state index in [2.05, 4.69) is 55.5 Å². The minimum absolute atomic E-state index is 0.230. The fourth-order valence-corrected chi connectivity index (χ4v) is 3.12. The first-order valence-corrected chi connectivity index (χ1v) is 9.43. The van der Waals surface area contributed by atoms with E-state index in [0.29, 0.717) is 0 Å². The highest BCUT2D eigenvalue weighted by Gasteiger charge is 2.11. The van der Waals surface area contributed by atoms with Gasteiger partial charge < -0.3 is 18.9 Å². The average molecular weight is 390 g/mol. The Bertz CT molecular complexity index is 860. The second-order valence-corrected chi connectivity index (χ2v) is 6.52. The Kier molecular flexibility index (Phi) is 7.45. The molecule has 0 unspecified atom stereocenters. The van der Waals surface area contributed by atoms with Gasteiger partial charge in [-0.25, -0.2) is 0 Å². The van der Waals surface area contributed by atoms with Gasteiger partial charge in [-0.1, -0.05) is 54.6 Å². The molecule has 0 fully saturated rings. The third-order valence-electron chi connectivity index (χ3n) is 4.55. The monoisotopic (exact) mass is 390 g/mol. The molecular weight excluding hydrogens is 364 g/mol. The van der Waals surface area contributed by atoms with E-state index < -0.39 is 0 Å². The summed E-state index contributed by atoms with van der Waals surface area (Å²) in [5.41, 5.74) is 5.76. The van der Waals surface area contributed by atoms with Gasteiger partial charge in [-0.2, -0.15) is 0 Å². The molecular formula is C25H26O4. The van der Waals surface area contributed by atoms with E-state index >= 15 is 0 Å². The molecule has 0 amide bonds. The molecule has 0 aliphatic rings. The van der Waals surface area contributed by atoms with Crippen LogP contribution in [-0.4, -0.2) is 27.8 Å². The van der Waals surface area contributed by atoms with Gasteiger partial charge in [0.15, 0.2) is 13.6 Å². The minimum atomic E-state index is 0.230. The Labute approximate surface area is 172 Å². The number of ether oxygens (including phenoxy) is 4. The number of benzene rings is 3. The highest BCUT2D eigenvalue weighted by Crippen LogP contribution is 2.33. The van der Waals surface area contributed by atoms with Crippen molar-refractivity contribution < 1.29 is 18.9 Å². The highest BCUT2D eigenvalue weighted by molar-refractivity contribution is 5.97. The molecule has 0 saturated carbocycles. The third kappa shape index (κ3) is 5.47. The van der Waals surface area contributed by atoms with Gasteiger partial charge in [0.05, 0.1) is 0 Å². The van der Waals surface area contributed by atoms with Crippen molar-refractivity contribution in [2.45, 2.75) is 6.92 Å². The van der Waals surface area contributed by atoms with Gasteiger partial charge in [0.25, 0.3) is 0 Å². The Balaban J connectivity index is 2.01. The highest BCUT2D eigenvalue weighted by atomic mass is 16.7. The second kappa shape index (κ2) is 10.5. The second-order valence-electron chi connectivity index (χ2n) is 6.52. The first kappa shape index (κ1) is 20.6. The summed E-state index contributed by atoms with van der Waals surface area (Å²) in [7, 11) is 3.22. The summed E-state index contributed by atoms with van der Waals surface area (Å²) >= 11 is 0. The van der Waals surface area contributed by atoms with Crippen molar-refractivity contribution in [2.24, 2.45) is 0 Å². The van der Waals surface area contributed by atoms with Gasteiger partial charge >= 0.3 is 0 Å². The van der Waals surface area contributed by atoms with Gasteiger partial charge in [0.1, 0.15) is 11.5 Å². The van der Waals surface area contributed by atoms with E-state index in [9.17, 15) is 0 Å². The van der Waals surface area contributed by atoms with Crippen LogP contribution in [0.5, 0.6) is 11.5 Å². The molecule has 0 radical (unpaired) electrons. The van der Waals surface area contributed by atoms with Gasteiger partial charge in [-0.15, -0.1) is 0 Å². The fraction of sp³-hybridized carbons (Fsp3) is 0.200. The maximum Gasteiger partial charge on any atom is 0.188 e. The van der Waals surface area contributed by atoms with Gasteiger partial charge in [0.2, 0.25) is 0 Å². The van der Waals surface area contributed by atoms with Crippen LogP contribution in [0.3, 0.4) is 0 Å². The van der Waals surface area contributed by atoms with Crippen molar-refractivity contribution in [1.29, 1.82) is 0 Å². The average Bonchev–Trinajstić information content (AvgIpc) is 2.78. The molecule has 4 nitrogen and oxygen atoms in total. The van der Waals surface area contributed by atoms with Crippen LogP contribution in [0.2, 0.25) is 0 Å². The number of methoxy groups -OCH3 is 2. The number of allylic oxidation sites excluding steroid dienone is 1. The van der Waals surface area contributed by atoms with Crippen LogP contribution >= 0.6 is 0 Å². The third-order valence-corrected chi connectivity index (χ3v) is 4.55. The van der Waals surface area contributed by atoms with E-state index in [-0.39, 0.29) is 13.6 Å². The van der Waals surface area contributed by atoms with Crippen LogP contribution < -0.4 is 9.47 Å². The zero-order valence-corrected chi connectivity index (χ0v) is 17.1. The Morgan fingerprint density at radius 1 is 0.586 bits per heavy atom. The maximum atomic E-state index is 5.53. The van der Waals surface area contributed by atoms with Crippen LogP contribution in [0.15, 0.2) is 78.9 Å². The largest absolute Gasteiger partial charge is 0.468 e. The smallest absolute Gasteiger partial charge is 0.188 e. The molecule has 0 saturated heterocycles. The number of hydrogen-bond acceptors (Lipinski definition) is 4. The van der Waals surface area contributed by atoms with Crippen LogP contribution in [0.4, 0.5) is 0 Å². The van der Waals surface area contributed by atoms with Crippen LogP contribution in [0.1, 0.15) is 23.6 Å². The molecule has 0 aliphatic carbocycles. The lowest BCUT2D eigenvalue weighted by molar-refractivity contribution is 0.0509. The van der Waals surface area contributed by atoms with Gasteiger partial charge in [-0.05, 0) is 59.0 Å². The van der Waals surface area contributed by atoms with E-state index in [1.807, 2.05) is 30.3 Å². The molecule has 150 valence electrons. The quantitative estimate of drug-likeness (QED) is 0.350. The van der Waals surface area contributed by atoms with Crippen molar-refractivity contribution in [3.05, 3.63) is 95.6 Å². The summed E-state index contributed by atoms with van der Waals surface area (Å²) in [4.78, 5) is 0. The summed E-state index contributed by atoms with van der Waals surface area (Å²) in [6, 6.07) is 26.5. The fourth-order valence-electron chi connectivity index (χ4n) is 3.12. The lowest BCUT2D eigenvalue weighted by Gasteiger charge is -2.15. The summed E-state index contributed by atoms with van der Waals surface area (Å²) < 4.78 is 21.0. The summed E-state index contributed by atoms with van der Waals surface area (Å²) in [5, 5.41) is 0. The van der Waals surface area contributed by atoms with E-state index in [1.165, 1.54) is 11.1 Å². The Morgan fingerprint density at radius 2 is 1.03 bits per heavy atom. The van der Waals surface area contributed by atoms with Crippen molar-refractivity contribution in [2.75, 3.05) is 27.8 Å². The molecule has 0 bridgehead atoms. The molecule has 3 aromatic rings. The van der Waals surface area contributed by atoms with E-state index in [1.54, 1.807) is 14.2 Å². The van der Waals surface area contributed by atoms with Crippen LogP contribution in [-0.2, 0) is 9.47 Å². The molecule has 0 heterocycles. The maximum absolute atomic E-state index is 5.53. The molecule has 0 atom stereocenters. The lowest BCUT2D eigenvalue weighted by atomic mass is 9.90. The van der Waals surface area contributed by atoms with Crippen molar-refractivity contribution >= 4 is 11.1 Å². The summed E-state index contributed by atoms with van der Waals surface area (Å²) in [6.45, 7) is 2.61. The first-order chi connectivity index (χ1) is 14.2.